The quantitative estimate of drug-likeness (QED) is 0.0513. The Balaban J connectivity index is 1.21. The third-order valence-electron chi connectivity index (χ3n) is 14.2. The van der Waals surface area contributed by atoms with Crippen molar-refractivity contribution in [1.29, 1.82) is 0 Å². The molecular weight excluding hydrogens is 852 g/mol. The Kier molecular flexibility index (Phi) is 18.0. The summed E-state index contributed by atoms with van der Waals surface area (Å²) in [7, 11) is -0.675. The third kappa shape index (κ3) is 12.7. The molecule has 0 radical (unpaired) electrons. The molecule has 6 rings (SSSR count). The van der Waals surface area contributed by atoms with E-state index in [9.17, 15) is 37.5 Å². The molecule has 4 fully saturated rings. The van der Waals surface area contributed by atoms with Crippen LogP contribution in [0.15, 0.2) is 48.5 Å². The standard InChI is InChI=1S/C49H74BF3N6O7/c1-10-11-14-32-16-18-33(19-17-32)34-20-22-35(23-21-34)42(49(51,52)53)57-37(15-12-13-24-54)44(62)59-41(30(5)60)46(64)55-29(4)43(61)58-38(25-28(2)3)45(63)56-31(6)50-65-40-27-36-26-39(47(36,7)8)48(40,9)66-50/h16-23,28-31,36-42,57,60H,10-15,24-27,54H2,1-9H3,(H,55,64)(H,56,63)(H,58,61)(H,59,62). The molecule has 2 aromatic rings. The number of unbranched alkanes of at least 4 members (excludes halogenated alkanes) is 2. The van der Waals surface area contributed by atoms with E-state index in [1.54, 1.807) is 19.1 Å². The van der Waals surface area contributed by atoms with Crippen LogP contribution in [-0.4, -0.2) is 96.5 Å². The van der Waals surface area contributed by atoms with Gasteiger partial charge in [-0.25, -0.2) is 0 Å². The van der Waals surface area contributed by atoms with Gasteiger partial charge in [0, 0.05) is 0 Å². The van der Waals surface area contributed by atoms with Crippen LogP contribution in [0.25, 0.3) is 11.1 Å². The van der Waals surface area contributed by atoms with Gasteiger partial charge in [-0.15, -0.1) is 0 Å². The number of hydrogen-bond donors (Lipinski definition) is 7. The average Bonchev–Trinajstić information content (AvgIpc) is 3.62. The van der Waals surface area contributed by atoms with Gasteiger partial charge < -0.3 is 41.4 Å². The number of nitrogens with two attached hydrogens (primary N) is 1. The molecule has 1 heterocycles. The number of halogens is 3. The van der Waals surface area contributed by atoms with Crippen LogP contribution in [0, 0.1) is 23.2 Å². The second kappa shape index (κ2) is 22.4. The zero-order chi connectivity index (χ0) is 48.7. The monoisotopic (exact) mass is 927 g/mol. The summed E-state index contributed by atoms with van der Waals surface area (Å²) >= 11 is 0. The first-order valence-electron chi connectivity index (χ1n) is 23.9. The van der Waals surface area contributed by atoms with Crippen LogP contribution in [0.5, 0.6) is 0 Å². The van der Waals surface area contributed by atoms with E-state index in [1.165, 1.54) is 31.5 Å². The predicted molar refractivity (Wildman–Crippen MR) is 249 cm³/mol. The molecule has 17 heteroatoms. The van der Waals surface area contributed by atoms with Gasteiger partial charge in [-0.2, -0.15) is 13.2 Å². The number of aliphatic hydroxyl groups is 1. The normalized spacial score (nSPS) is 24.2. The zero-order valence-corrected chi connectivity index (χ0v) is 40.2. The second-order valence-corrected chi connectivity index (χ2v) is 20.2. The minimum Gasteiger partial charge on any atom is -0.404 e. The van der Waals surface area contributed by atoms with Crippen molar-refractivity contribution in [2.45, 2.75) is 180 Å². The van der Waals surface area contributed by atoms with E-state index < -0.39 is 84.8 Å². The number of hydrogen-bond acceptors (Lipinski definition) is 9. The second-order valence-electron chi connectivity index (χ2n) is 20.2. The van der Waals surface area contributed by atoms with Gasteiger partial charge in [0.1, 0.15) is 24.2 Å². The van der Waals surface area contributed by atoms with Crippen LogP contribution in [0.2, 0.25) is 0 Å². The van der Waals surface area contributed by atoms with Gasteiger partial charge in [0.25, 0.3) is 0 Å². The molecule has 13 nitrogen and oxygen atoms in total. The number of aliphatic hydroxyl groups excluding tert-OH is 1. The molecular formula is C49H74BF3N6O7. The van der Waals surface area contributed by atoms with Gasteiger partial charge in [-0.1, -0.05) is 96.0 Å². The fourth-order valence-electron chi connectivity index (χ4n) is 10.0. The number of benzene rings is 2. The van der Waals surface area contributed by atoms with E-state index >= 15 is 0 Å². The number of alkyl halides is 3. The SMILES string of the molecule is CCCCc1ccc(-c2ccc(C(NC(CCCCN)C(=O)NC(C(=O)NC(C)C(=O)NC(CC(C)C)C(=O)NC(C)B3OC4CC5CC(C5(C)C)C4(C)O3)C(C)O)C(F)(F)F)cc2)cc1. The molecule has 3 aliphatic carbocycles. The van der Waals surface area contributed by atoms with Crippen LogP contribution in [0.1, 0.15) is 131 Å². The minimum atomic E-state index is -4.81. The predicted octanol–water partition coefficient (Wildman–Crippen LogP) is 6.06. The Hall–Kier alpha value is -4.03. The van der Waals surface area contributed by atoms with Gasteiger partial charge in [0.2, 0.25) is 23.6 Å². The highest BCUT2D eigenvalue weighted by atomic mass is 19.4. The number of rotatable bonds is 23. The summed E-state index contributed by atoms with van der Waals surface area (Å²) in [5.41, 5.74) is 8.02. The maximum atomic E-state index is 14.8. The van der Waals surface area contributed by atoms with Crippen molar-refractivity contribution in [1.82, 2.24) is 26.6 Å². The van der Waals surface area contributed by atoms with E-state index in [-0.39, 0.29) is 42.4 Å². The van der Waals surface area contributed by atoms with E-state index in [2.05, 4.69) is 54.3 Å². The Morgan fingerprint density at radius 3 is 2.00 bits per heavy atom. The lowest BCUT2D eigenvalue weighted by molar-refractivity contribution is -0.199. The summed E-state index contributed by atoms with van der Waals surface area (Å²) < 4.78 is 57.2. The van der Waals surface area contributed by atoms with Crippen molar-refractivity contribution in [2.75, 3.05) is 6.54 Å². The molecule has 4 amide bonds. The van der Waals surface area contributed by atoms with E-state index in [4.69, 9.17) is 15.0 Å². The molecule has 1 aliphatic heterocycles. The first kappa shape index (κ1) is 52.9. The Labute approximate surface area is 389 Å². The maximum Gasteiger partial charge on any atom is 0.481 e. The summed E-state index contributed by atoms with van der Waals surface area (Å²) in [5, 5.41) is 23.8. The highest BCUT2D eigenvalue weighted by molar-refractivity contribution is 6.47. The number of carbonyl (C=O) groups is 4. The van der Waals surface area contributed by atoms with Crippen molar-refractivity contribution in [3.8, 4) is 11.1 Å². The largest absolute Gasteiger partial charge is 0.481 e. The molecule has 11 unspecified atom stereocenters. The summed E-state index contributed by atoms with van der Waals surface area (Å²) in [5.74, 6) is -2.71. The smallest absolute Gasteiger partial charge is 0.404 e. The van der Waals surface area contributed by atoms with Crippen LogP contribution >= 0.6 is 0 Å². The first-order chi connectivity index (χ1) is 31.0. The highest BCUT2D eigenvalue weighted by Crippen LogP contribution is 2.65. The average molecular weight is 927 g/mol. The van der Waals surface area contributed by atoms with Gasteiger partial charge in [0.05, 0.1) is 29.8 Å². The lowest BCUT2D eigenvalue weighted by Gasteiger charge is -2.64. The molecule has 2 aromatic carbocycles. The third-order valence-corrected chi connectivity index (χ3v) is 14.2. The van der Waals surface area contributed by atoms with Crippen molar-refractivity contribution in [3.63, 3.8) is 0 Å². The summed E-state index contributed by atoms with van der Waals surface area (Å²) in [6.45, 7) is 17.2. The minimum absolute atomic E-state index is 0.00776. The Morgan fingerprint density at radius 1 is 0.818 bits per heavy atom. The van der Waals surface area contributed by atoms with Crippen molar-refractivity contribution < 1.29 is 46.8 Å². The van der Waals surface area contributed by atoms with Gasteiger partial charge in [-0.05, 0) is 125 Å². The number of amides is 4. The summed E-state index contributed by atoms with van der Waals surface area (Å²) in [6.07, 6.45) is -0.405. The maximum absolute atomic E-state index is 14.8. The van der Waals surface area contributed by atoms with Crippen LogP contribution in [0.4, 0.5) is 13.2 Å². The number of carbonyl (C=O) groups excluding carboxylic acids is 4. The fraction of sp³-hybridized carbons (Fsp3) is 0.673. The van der Waals surface area contributed by atoms with Gasteiger partial charge >= 0.3 is 13.3 Å². The van der Waals surface area contributed by atoms with Crippen LogP contribution in [0.3, 0.4) is 0 Å². The molecule has 1 saturated heterocycles. The lowest BCUT2D eigenvalue weighted by Crippen LogP contribution is -2.65. The molecule has 366 valence electrons. The summed E-state index contributed by atoms with van der Waals surface area (Å²) in [6, 6.07) is 6.31. The first-order valence-corrected chi connectivity index (χ1v) is 23.9. The Bertz CT molecular complexity index is 1950. The number of nitrogens with one attached hydrogen (secondary N) is 5. The molecule has 8 N–H and O–H groups in total. The molecule has 2 bridgehead atoms. The molecule has 3 saturated carbocycles. The van der Waals surface area contributed by atoms with Crippen molar-refractivity contribution in [3.05, 3.63) is 59.7 Å². The van der Waals surface area contributed by atoms with Crippen LogP contribution < -0.4 is 32.3 Å². The Morgan fingerprint density at radius 2 is 1.44 bits per heavy atom. The van der Waals surface area contributed by atoms with Crippen molar-refractivity contribution in [2.24, 2.45) is 28.9 Å². The number of aryl methyl sites for hydroxylation is 1. The molecule has 0 aromatic heterocycles. The van der Waals surface area contributed by atoms with Crippen LogP contribution in [-0.2, 0) is 34.9 Å². The molecule has 11 atom stereocenters. The molecule has 4 aliphatic rings. The van der Waals surface area contributed by atoms with Gasteiger partial charge in [-0.3, -0.25) is 24.5 Å². The highest BCUT2D eigenvalue weighted by Gasteiger charge is 2.68. The topological polar surface area (TPSA) is 193 Å². The lowest BCUT2D eigenvalue weighted by atomic mass is 9.43. The van der Waals surface area contributed by atoms with E-state index in [1.807, 2.05) is 38.1 Å². The van der Waals surface area contributed by atoms with Gasteiger partial charge in [0.15, 0.2) is 0 Å². The van der Waals surface area contributed by atoms with E-state index in [0.717, 1.165) is 43.2 Å². The zero-order valence-electron chi connectivity index (χ0n) is 40.2. The fourth-order valence-corrected chi connectivity index (χ4v) is 10.0. The molecule has 0 spiro atoms. The van der Waals surface area contributed by atoms with Crippen molar-refractivity contribution >= 4 is 30.7 Å². The van der Waals surface area contributed by atoms with E-state index in [0.29, 0.717) is 24.7 Å². The molecule has 66 heavy (non-hydrogen) atoms. The summed E-state index contributed by atoms with van der Waals surface area (Å²) in [4.78, 5) is 54.8.